The molecule has 0 saturated carbocycles. The largest absolute Gasteiger partial charge is 0.416 e. The first kappa shape index (κ1) is 22.1. The first-order valence-corrected chi connectivity index (χ1v) is 11.3. The van der Waals surface area contributed by atoms with Crippen molar-refractivity contribution >= 4 is 5.82 Å². The SMILES string of the molecule is FC(F)(F)c1ccc(-c2ccc(N3CCN(CCCN4CCCCC4)CC3)nc2)cc1. The molecule has 4 nitrogen and oxygen atoms in total. The summed E-state index contributed by atoms with van der Waals surface area (Å²) in [5.41, 5.74) is 0.939. The van der Waals surface area contributed by atoms with Gasteiger partial charge in [0.25, 0.3) is 0 Å². The Hall–Kier alpha value is -2.12. The second kappa shape index (κ2) is 10.0. The van der Waals surface area contributed by atoms with Gasteiger partial charge < -0.3 is 9.80 Å². The molecule has 0 N–H and O–H groups in total. The summed E-state index contributed by atoms with van der Waals surface area (Å²) in [6, 6.07) is 9.15. The van der Waals surface area contributed by atoms with Gasteiger partial charge in [-0.25, -0.2) is 4.98 Å². The Labute approximate surface area is 182 Å². The lowest BCUT2D eigenvalue weighted by Crippen LogP contribution is -2.47. The lowest BCUT2D eigenvalue weighted by atomic mass is 10.1. The molecule has 7 heteroatoms. The monoisotopic (exact) mass is 432 g/mol. The fourth-order valence-electron chi connectivity index (χ4n) is 4.50. The van der Waals surface area contributed by atoms with Crippen molar-refractivity contribution in [2.45, 2.75) is 31.9 Å². The molecule has 31 heavy (non-hydrogen) atoms. The van der Waals surface area contributed by atoms with Gasteiger partial charge in [0.05, 0.1) is 5.56 Å². The first-order valence-electron chi connectivity index (χ1n) is 11.3. The van der Waals surface area contributed by atoms with Crippen molar-refractivity contribution < 1.29 is 13.2 Å². The van der Waals surface area contributed by atoms with E-state index in [-0.39, 0.29) is 0 Å². The summed E-state index contributed by atoms with van der Waals surface area (Å²) < 4.78 is 38.2. The van der Waals surface area contributed by atoms with Crippen molar-refractivity contribution in [3.63, 3.8) is 0 Å². The minimum atomic E-state index is -4.31. The van der Waals surface area contributed by atoms with Crippen LogP contribution >= 0.6 is 0 Å². The smallest absolute Gasteiger partial charge is 0.354 e. The molecule has 0 spiro atoms. The number of pyridine rings is 1. The van der Waals surface area contributed by atoms with Crippen molar-refractivity contribution in [3.8, 4) is 11.1 Å². The summed E-state index contributed by atoms with van der Waals surface area (Å²) in [5, 5.41) is 0. The van der Waals surface area contributed by atoms with Gasteiger partial charge in [-0.05, 0) is 75.3 Å². The number of piperidine rings is 1. The van der Waals surface area contributed by atoms with Crippen LogP contribution in [0.1, 0.15) is 31.2 Å². The fraction of sp³-hybridized carbons (Fsp3) is 0.542. The lowest BCUT2D eigenvalue weighted by Gasteiger charge is -2.36. The van der Waals surface area contributed by atoms with E-state index < -0.39 is 11.7 Å². The highest BCUT2D eigenvalue weighted by Crippen LogP contribution is 2.31. The molecule has 2 aromatic rings. The molecule has 1 aromatic heterocycles. The number of halogens is 3. The highest BCUT2D eigenvalue weighted by Gasteiger charge is 2.30. The summed E-state index contributed by atoms with van der Waals surface area (Å²) >= 11 is 0. The Kier molecular flexibility index (Phi) is 7.13. The number of hydrogen-bond acceptors (Lipinski definition) is 4. The third kappa shape index (κ3) is 5.98. The predicted molar refractivity (Wildman–Crippen MR) is 118 cm³/mol. The van der Waals surface area contributed by atoms with Crippen LogP contribution in [0, 0.1) is 0 Å². The predicted octanol–water partition coefficient (Wildman–Crippen LogP) is 4.77. The quantitative estimate of drug-likeness (QED) is 0.656. The first-order chi connectivity index (χ1) is 15.0. The van der Waals surface area contributed by atoms with Crippen molar-refractivity contribution in [1.29, 1.82) is 0 Å². The minimum Gasteiger partial charge on any atom is -0.354 e. The van der Waals surface area contributed by atoms with Crippen molar-refractivity contribution in [3.05, 3.63) is 48.2 Å². The average Bonchev–Trinajstić information content (AvgIpc) is 2.80. The number of nitrogens with zero attached hydrogens (tertiary/aromatic N) is 4. The molecule has 0 unspecified atom stereocenters. The van der Waals surface area contributed by atoms with E-state index in [0.29, 0.717) is 0 Å². The van der Waals surface area contributed by atoms with Crippen LogP contribution in [0.15, 0.2) is 42.6 Å². The van der Waals surface area contributed by atoms with Gasteiger partial charge in [0, 0.05) is 37.9 Å². The molecular formula is C24H31F3N4. The van der Waals surface area contributed by atoms with Crippen molar-refractivity contribution in [1.82, 2.24) is 14.8 Å². The molecule has 0 amide bonds. The Balaban J connectivity index is 1.24. The van der Waals surface area contributed by atoms with Crippen LogP contribution < -0.4 is 4.90 Å². The summed E-state index contributed by atoms with van der Waals surface area (Å²) in [6.45, 7) is 8.90. The molecule has 0 radical (unpaired) electrons. The van der Waals surface area contributed by atoms with Crippen molar-refractivity contribution in [2.75, 3.05) is 57.3 Å². The van der Waals surface area contributed by atoms with Crippen LogP contribution in [-0.2, 0) is 6.18 Å². The number of hydrogen-bond donors (Lipinski definition) is 0. The van der Waals surface area contributed by atoms with Gasteiger partial charge in [-0.2, -0.15) is 13.2 Å². The molecule has 2 aliphatic heterocycles. The third-order valence-electron chi connectivity index (χ3n) is 6.39. The molecule has 0 aliphatic carbocycles. The standard InChI is InChI=1S/C24H31F3N4/c25-24(26,27)22-8-5-20(6-9-22)21-7-10-23(28-19-21)31-17-15-30(16-18-31)14-4-13-29-11-2-1-3-12-29/h5-10,19H,1-4,11-18H2. The summed E-state index contributed by atoms with van der Waals surface area (Å²) in [5.74, 6) is 0.934. The van der Waals surface area contributed by atoms with Gasteiger partial charge >= 0.3 is 6.18 Å². The molecule has 0 bridgehead atoms. The van der Waals surface area contributed by atoms with E-state index in [1.165, 1.54) is 57.5 Å². The molecule has 4 rings (SSSR count). The normalized spacial score (nSPS) is 19.0. The van der Waals surface area contributed by atoms with E-state index in [4.69, 9.17) is 0 Å². The van der Waals surface area contributed by atoms with E-state index in [1.807, 2.05) is 12.1 Å². The number of benzene rings is 1. The number of aromatic nitrogens is 1. The zero-order valence-corrected chi connectivity index (χ0v) is 17.9. The van der Waals surface area contributed by atoms with Crippen LogP contribution in [0.5, 0.6) is 0 Å². The van der Waals surface area contributed by atoms with Crippen LogP contribution in [0.2, 0.25) is 0 Å². The maximum Gasteiger partial charge on any atom is 0.416 e. The average molecular weight is 433 g/mol. The second-order valence-corrected chi connectivity index (χ2v) is 8.56. The van der Waals surface area contributed by atoms with Crippen molar-refractivity contribution in [2.24, 2.45) is 0 Å². The summed E-state index contributed by atoms with van der Waals surface area (Å²) in [4.78, 5) is 12.0. The van der Waals surface area contributed by atoms with E-state index in [0.717, 1.165) is 61.8 Å². The molecule has 1 aromatic carbocycles. The third-order valence-corrected chi connectivity index (χ3v) is 6.39. The maximum absolute atomic E-state index is 12.7. The lowest BCUT2D eigenvalue weighted by molar-refractivity contribution is -0.137. The van der Waals surface area contributed by atoms with Gasteiger partial charge in [0.2, 0.25) is 0 Å². The van der Waals surface area contributed by atoms with Crippen LogP contribution in [-0.4, -0.2) is 67.1 Å². The Morgan fingerprint density at radius 1 is 0.710 bits per heavy atom. The minimum absolute atomic E-state index is 0.630. The molecule has 3 heterocycles. The zero-order valence-electron chi connectivity index (χ0n) is 17.9. The summed E-state index contributed by atoms with van der Waals surface area (Å²) in [6.07, 6.45) is 2.77. The Morgan fingerprint density at radius 2 is 1.32 bits per heavy atom. The molecular weight excluding hydrogens is 401 g/mol. The van der Waals surface area contributed by atoms with Crippen LogP contribution in [0.4, 0.5) is 19.0 Å². The second-order valence-electron chi connectivity index (χ2n) is 8.56. The molecule has 0 atom stereocenters. The van der Waals surface area contributed by atoms with Crippen LogP contribution in [0.3, 0.4) is 0 Å². The molecule has 2 fully saturated rings. The fourth-order valence-corrected chi connectivity index (χ4v) is 4.50. The molecule has 2 aliphatic rings. The van der Waals surface area contributed by atoms with Gasteiger partial charge in [-0.1, -0.05) is 18.6 Å². The number of rotatable bonds is 6. The molecule has 168 valence electrons. The maximum atomic E-state index is 12.7. The highest BCUT2D eigenvalue weighted by molar-refractivity contribution is 5.64. The van der Waals surface area contributed by atoms with Gasteiger partial charge in [0.15, 0.2) is 0 Å². The highest BCUT2D eigenvalue weighted by atomic mass is 19.4. The number of anilines is 1. The van der Waals surface area contributed by atoms with E-state index in [1.54, 1.807) is 6.20 Å². The number of likely N-dealkylation sites (tertiary alicyclic amines) is 1. The topological polar surface area (TPSA) is 22.6 Å². The Morgan fingerprint density at radius 3 is 1.90 bits per heavy atom. The van der Waals surface area contributed by atoms with E-state index in [9.17, 15) is 13.2 Å². The number of piperazine rings is 1. The van der Waals surface area contributed by atoms with Crippen LogP contribution in [0.25, 0.3) is 11.1 Å². The van der Waals surface area contributed by atoms with Gasteiger partial charge in [-0.15, -0.1) is 0 Å². The molecule has 2 saturated heterocycles. The zero-order chi connectivity index (χ0) is 21.7. The van der Waals surface area contributed by atoms with Gasteiger partial charge in [-0.3, -0.25) is 4.90 Å². The van der Waals surface area contributed by atoms with E-state index >= 15 is 0 Å². The van der Waals surface area contributed by atoms with Gasteiger partial charge in [0.1, 0.15) is 5.82 Å². The van der Waals surface area contributed by atoms with E-state index in [2.05, 4.69) is 19.7 Å². The number of alkyl halides is 3. The summed E-state index contributed by atoms with van der Waals surface area (Å²) in [7, 11) is 0. The Bertz CT molecular complexity index is 806.